The molecule has 1 aromatic rings. The fraction of sp³-hybridized carbons (Fsp3) is 0.571. The fourth-order valence-electron chi connectivity index (χ4n) is 2.26. The lowest BCUT2D eigenvalue weighted by molar-refractivity contribution is 0.0886. The van der Waals surface area contributed by atoms with Crippen molar-refractivity contribution < 1.29 is 5.11 Å². The van der Waals surface area contributed by atoms with Gasteiger partial charge in [-0.1, -0.05) is 0 Å². The van der Waals surface area contributed by atoms with Gasteiger partial charge in [-0.25, -0.2) is 0 Å². The molecule has 0 radical (unpaired) electrons. The number of anilines is 1. The maximum Gasteiger partial charge on any atom is 0.0765 e. The van der Waals surface area contributed by atoms with Crippen LogP contribution < -0.4 is 4.90 Å². The molecular formula is C14H21NOS. The van der Waals surface area contributed by atoms with E-state index in [-0.39, 0.29) is 0 Å². The number of aliphatic hydroxyl groups is 1. The van der Waals surface area contributed by atoms with Crippen LogP contribution in [0.1, 0.15) is 25.8 Å². The quantitative estimate of drug-likeness (QED) is 0.893. The first-order chi connectivity index (χ1) is 7.96. The summed E-state index contributed by atoms with van der Waals surface area (Å²) in [7, 11) is 2.04. The van der Waals surface area contributed by atoms with Crippen LogP contribution in [0.4, 0.5) is 5.69 Å². The van der Waals surface area contributed by atoms with Gasteiger partial charge in [-0.05, 0) is 56.2 Å². The first-order valence-electron chi connectivity index (χ1n) is 6.15. The van der Waals surface area contributed by atoms with Crippen LogP contribution in [0.15, 0.2) is 23.1 Å². The highest BCUT2D eigenvalue weighted by molar-refractivity contribution is 7.99. The highest BCUT2D eigenvalue weighted by Gasteiger charge is 2.17. The molecule has 0 bridgehead atoms. The summed E-state index contributed by atoms with van der Waals surface area (Å²) in [5.41, 5.74) is 2.01. The Kier molecular flexibility index (Phi) is 3.69. The van der Waals surface area contributed by atoms with E-state index in [2.05, 4.69) is 23.1 Å². The van der Waals surface area contributed by atoms with E-state index < -0.39 is 5.60 Å². The standard InChI is InChI=1S/C14H21NOS/c1-14(2,16)10-15(3)12-6-7-13-11(9-12)5-4-8-17-13/h6-7,9,16H,4-5,8,10H2,1-3H3. The van der Waals surface area contributed by atoms with Crippen molar-refractivity contribution in [1.82, 2.24) is 0 Å². The molecule has 0 aromatic heterocycles. The lowest BCUT2D eigenvalue weighted by atomic mass is 10.1. The van der Waals surface area contributed by atoms with E-state index >= 15 is 0 Å². The van der Waals surface area contributed by atoms with Crippen molar-refractivity contribution in [1.29, 1.82) is 0 Å². The lowest BCUT2D eigenvalue weighted by Gasteiger charge is -2.28. The van der Waals surface area contributed by atoms with Gasteiger partial charge in [0.2, 0.25) is 0 Å². The van der Waals surface area contributed by atoms with E-state index in [0.29, 0.717) is 6.54 Å². The number of likely N-dealkylation sites (N-methyl/N-ethyl adjacent to an activating group) is 1. The largest absolute Gasteiger partial charge is 0.389 e. The number of hydrogen-bond donors (Lipinski definition) is 1. The zero-order chi connectivity index (χ0) is 12.5. The molecule has 1 aliphatic heterocycles. The van der Waals surface area contributed by atoms with Crippen molar-refractivity contribution in [3.8, 4) is 0 Å². The van der Waals surface area contributed by atoms with Crippen LogP contribution in [0.5, 0.6) is 0 Å². The zero-order valence-electron chi connectivity index (χ0n) is 10.9. The molecule has 2 rings (SSSR count). The maximum atomic E-state index is 9.84. The second kappa shape index (κ2) is 4.91. The van der Waals surface area contributed by atoms with Crippen LogP contribution in [0.25, 0.3) is 0 Å². The number of fused-ring (bicyclic) bond motifs is 1. The molecule has 94 valence electrons. The van der Waals surface area contributed by atoms with Crippen molar-refractivity contribution in [2.75, 3.05) is 24.2 Å². The number of aryl methyl sites for hydroxylation is 1. The molecule has 0 amide bonds. The highest BCUT2D eigenvalue weighted by atomic mass is 32.2. The molecule has 0 aliphatic carbocycles. The normalized spacial score (nSPS) is 15.5. The topological polar surface area (TPSA) is 23.5 Å². The van der Waals surface area contributed by atoms with Gasteiger partial charge in [0.05, 0.1) is 5.60 Å². The average Bonchev–Trinajstić information content (AvgIpc) is 2.26. The Bertz CT molecular complexity index is 398. The molecule has 1 aromatic carbocycles. The predicted molar refractivity (Wildman–Crippen MR) is 75.1 cm³/mol. The van der Waals surface area contributed by atoms with Gasteiger partial charge in [-0.3, -0.25) is 0 Å². The van der Waals surface area contributed by atoms with Crippen molar-refractivity contribution in [2.24, 2.45) is 0 Å². The SMILES string of the molecule is CN(CC(C)(C)O)c1ccc2c(c1)CCCS2. The van der Waals surface area contributed by atoms with E-state index in [1.807, 2.05) is 32.7 Å². The second-order valence-corrected chi connectivity index (χ2v) is 6.55. The van der Waals surface area contributed by atoms with Gasteiger partial charge in [0, 0.05) is 24.2 Å². The number of hydrogen-bond acceptors (Lipinski definition) is 3. The van der Waals surface area contributed by atoms with Crippen LogP contribution in [-0.2, 0) is 6.42 Å². The fourth-order valence-corrected chi connectivity index (χ4v) is 3.28. The number of thioether (sulfide) groups is 1. The summed E-state index contributed by atoms with van der Waals surface area (Å²) in [6.07, 6.45) is 2.46. The Hall–Kier alpha value is -0.670. The van der Waals surface area contributed by atoms with Crippen LogP contribution in [0.3, 0.4) is 0 Å². The predicted octanol–water partition coefficient (Wildman–Crippen LogP) is 2.93. The molecule has 0 saturated carbocycles. The van der Waals surface area contributed by atoms with Crippen LogP contribution in [-0.4, -0.2) is 30.1 Å². The molecule has 3 heteroatoms. The summed E-state index contributed by atoms with van der Waals surface area (Å²) >= 11 is 1.95. The Morgan fingerprint density at radius 3 is 2.88 bits per heavy atom. The Balaban J connectivity index is 2.16. The van der Waals surface area contributed by atoms with E-state index in [9.17, 15) is 5.11 Å². The van der Waals surface area contributed by atoms with Crippen molar-refractivity contribution >= 4 is 17.4 Å². The first-order valence-corrected chi connectivity index (χ1v) is 7.13. The average molecular weight is 251 g/mol. The number of rotatable bonds is 3. The van der Waals surface area contributed by atoms with Crippen LogP contribution in [0, 0.1) is 0 Å². The smallest absolute Gasteiger partial charge is 0.0765 e. The Morgan fingerprint density at radius 1 is 1.41 bits per heavy atom. The minimum absolute atomic E-state index is 0.652. The maximum absolute atomic E-state index is 9.84. The third kappa shape index (κ3) is 3.39. The number of nitrogens with zero attached hydrogens (tertiary/aromatic N) is 1. The summed E-state index contributed by atoms with van der Waals surface area (Å²) < 4.78 is 0. The van der Waals surface area contributed by atoms with E-state index in [4.69, 9.17) is 0 Å². The monoisotopic (exact) mass is 251 g/mol. The molecular weight excluding hydrogens is 230 g/mol. The molecule has 0 spiro atoms. The zero-order valence-corrected chi connectivity index (χ0v) is 11.7. The van der Waals surface area contributed by atoms with Crippen molar-refractivity contribution in [2.45, 2.75) is 37.2 Å². The summed E-state index contributed by atoms with van der Waals surface area (Å²) in [4.78, 5) is 3.55. The van der Waals surface area contributed by atoms with Crippen molar-refractivity contribution in [3.63, 3.8) is 0 Å². The molecule has 1 N–H and O–H groups in total. The van der Waals surface area contributed by atoms with Crippen LogP contribution >= 0.6 is 11.8 Å². The first kappa shape index (κ1) is 12.8. The Morgan fingerprint density at radius 2 is 2.18 bits per heavy atom. The molecule has 2 nitrogen and oxygen atoms in total. The third-order valence-corrected chi connectivity index (χ3v) is 4.16. The second-order valence-electron chi connectivity index (χ2n) is 5.41. The molecule has 0 atom stereocenters. The molecule has 17 heavy (non-hydrogen) atoms. The van der Waals surface area contributed by atoms with E-state index in [0.717, 1.165) is 0 Å². The van der Waals surface area contributed by atoms with Gasteiger partial charge < -0.3 is 10.0 Å². The third-order valence-electron chi connectivity index (χ3n) is 2.96. The number of benzene rings is 1. The van der Waals surface area contributed by atoms with Gasteiger partial charge in [0.25, 0.3) is 0 Å². The van der Waals surface area contributed by atoms with Gasteiger partial charge >= 0.3 is 0 Å². The van der Waals surface area contributed by atoms with Gasteiger partial charge in [-0.2, -0.15) is 0 Å². The van der Waals surface area contributed by atoms with E-state index in [1.54, 1.807) is 0 Å². The summed E-state index contributed by atoms with van der Waals surface area (Å²) in [6, 6.07) is 6.64. The summed E-state index contributed by atoms with van der Waals surface area (Å²) in [6.45, 7) is 4.34. The summed E-state index contributed by atoms with van der Waals surface area (Å²) in [5.74, 6) is 1.24. The molecule has 1 aliphatic rings. The van der Waals surface area contributed by atoms with Gasteiger partial charge in [0.15, 0.2) is 0 Å². The van der Waals surface area contributed by atoms with Gasteiger partial charge in [0.1, 0.15) is 0 Å². The molecule has 0 unspecified atom stereocenters. The van der Waals surface area contributed by atoms with E-state index in [1.165, 1.54) is 34.7 Å². The Labute approximate surface area is 108 Å². The lowest BCUT2D eigenvalue weighted by Crippen LogP contribution is -2.36. The molecule has 0 saturated heterocycles. The molecule has 1 heterocycles. The van der Waals surface area contributed by atoms with Crippen molar-refractivity contribution in [3.05, 3.63) is 23.8 Å². The van der Waals surface area contributed by atoms with Crippen LogP contribution in [0.2, 0.25) is 0 Å². The minimum Gasteiger partial charge on any atom is -0.389 e. The molecule has 0 fully saturated rings. The summed E-state index contributed by atoms with van der Waals surface area (Å²) in [5, 5.41) is 9.84. The van der Waals surface area contributed by atoms with Gasteiger partial charge in [-0.15, -0.1) is 11.8 Å². The highest BCUT2D eigenvalue weighted by Crippen LogP contribution is 2.32. The minimum atomic E-state index is -0.653.